The molecule has 156 valence electrons. The van der Waals surface area contributed by atoms with E-state index in [1.807, 2.05) is 66.7 Å². The number of hydrogen-bond acceptors (Lipinski definition) is 4. The van der Waals surface area contributed by atoms with E-state index in [0.29, 0.717) is 13.2 Å². The minimum atomic E-state index is -0.118. The maximum atomic E-state index is 12.2. The molecular formula is C25H28N2O3. The van der Waals surface area contributed by atoms with Crippen molar-refractivity contribution in [2.24, 2.45) is 0 Å². The van der Waals surface area contributed by atoms with Gasteiger partial charge in [-0.1, -0.05) is 43.3 Å². The summed E-state index contributed by atoms with van der Waals surface area (Å²) in [7, 11) is 0. The molecule has 0 spiro atoms. The van der Waals surface area contributed by atoms with Crippen molar-refractivity contribution in [3.05, 3.63) is 84.4 Å². The number of ether oxygens (including phenoxy) is 2. The summed E-state index contributed by atoms with van der Waals surface area (Å²) >= 11 is 0. The predicted octanol–water partition coefficient (Wildman–Crippen LogP) is 5.15. The first-order valence-corrected chi connectivity index (χ1v) is 10.3. The minimum absolute atomic E-state index is 0.118. The van der Waals surface area contributed by atoms with Gasteiger partial charge in [0.2, 0.25) is 5.91 Å². The summed E-state index contributed by atoms with van der Waals surface area (Å²) in [6.07, 6.45) is 1.81. The van der Waals surface area contributed by atoms with E-state index in [1.165, 1.54) is 5.56 Å². The summed E-state index contributed by atoms with van der Waals surface area (Å²) in [5.41, 5.74) is 2.83. The molecule has 3 aromatic carbocycles. The highest BCUT2D eigenvalue weighted by atomic mass is 16.5. The molecule has 0 aromatic heterocycles. The van der Waals surface area contributed by atoms with Gasteiger partial charge < -0.3 is 20.1 Å². The third kappa shape index (κ3) is 7.17. The second kappa shape index (κ2) is 11.5. The average molecular weight is 405 g/mol. The Morgan fingerprint density at radius 2 is 1.57 bits per heavy atom. The number of hydrogen-bond donors (Lipinski definition) is 2. The van der Waals surface area contributed by atoms with Crippen LogP contribution in [0, 0.1) is 0 Å². The van der Waals surface area contributed by atoms with E-state index in [0.717, 1.165) is 35.7 Å². The molecule has 5 heteroatoms. The fraction of sp³-hybridized carbons (Fsp3) is 0.240. The lowest BCUT2D eigenvalue weighted by atomic mass is 10.2. The quantitative estimate of drug-likeness (QED) is 0.464. The zero-order chi connectivity index (χ0) is 21.0. The minimum Gasteiger partial charge on any atom is -0.494 e. The van der Waals surface area contributed by atoms with Crippen molar-refractivity contribution < 1.29 is 14.3 Å². The smallest absolute Gasteiger partial charge is 0.243 e. The Hall–Kier alpha value is -3.47. The van der Waals surface area contributed by atoms with E-state index in [1.54, 1.807) is 0 Å². The Balaban J connectivity index is 1.41. The first kappa shape index (κ1) is 21.2. The second-order valence-corrected chi connectivity index (χ2v) is 6.89. The van der Waals surface area contributed by atoms with Gasteiger partial charge in [-0.3, -0.25) is 4.79 Å². The SMILES string of the molecule is CCCOc1cccc(NCC(=O)Nc2ccc(OCCc3ccccc3)cc2)c1. The number of carbonyl (C=O) groups excluding carboxylic acids is 1. The highest BCUT2D eigenvalue weighted by Gasteiger charge is 2.04. The number of rotatable bonds is 11. The molecule has 0 saturated heterocycles. The van der Waals surface area contributed by atoms with Gasteiger partial charge in [0.1, 0.15) is 11.5 Å². The van der Waals surface area contributed by atoms with Crippen LogP contribution in [-0.2, 0) is 11.2 Å². The second-order valence-electron chi connectivity index (χ2n) is 6.89. The van der Waals surface area contributed by atoms with Crippen LogP contribution in [0.4, 0.5) is 11.4 Å². The predicted molar refractivity (Wildman–Crippen MR) is 121 cm³/mol. The number of amides is 1. The summed E-state index contributed by atoms with van der Waals surface area (Å²) in [5.74, 6) is 1.46. The molecule has 0 aliphatic rings. The van der Waals surface area contributed by atoms with Gasteiger partial charge in [-0.2, -0.15) is 0 Å². The Bertz CT molecular complexity index is 911. The normalized spacial score (nSPS) is 10.3. The zero-order valence-corrected chi connectivity index (χ0v) is 17.3. The molecule has 3 rings (SSSR count). The summed E-state index contributed by atoms with van der Waals surface area (Å²) in [5, 5.41) is 6.00. The van der Waals surface area contributed by atoms with E-state index in [-0.39, 0.29) is 12.5 Å². The average Bonchev–Trinajstić information content (AvgIpc) is 2.78. The molecule has 3 aromatic rings. The van der Waals surface area contributed by atoms with Crippen molar-refractivity contribution in [1.82, 2.24) is 0 Å². The summed E-state index contributed by atoms with van der Waals surface area (Å²) in [6.45, 7) is 3.53. The Labute approximate surface area is 178 Å². The van der Waals surface area contributed by atoms with Gasteiger partial charge in [-0.25, -0.2) is 0 Å². The number of carbonyl (C=O) groups is 1. The van der Waals surface area contributed by atoms with Crippen molar-refractivity contribution in [2.75, 3.05) is 30.4 Å². The van der Waals surface area contributed by atoms with Crippen molar-refractivity contribution in [3.8, 4) is 11.5 Å². The van der Waals surface area contributed by atoms with E-state index < -0.39 is 0 Å². The van der Waals surface area contributed by atoms with Crippen LogP contribution in [0.15, 0.2) is 78.9 Å². The topological polar surface area (TPSA) is 59.6 Å². The molecule has 0 atom stereocenters. The van der Waals surface area contributed by atoms with Gasteiger partial charge in [0.25, 0.3) is 0 Å². The molecule has 0 aliphatic carbocycles. The lowest BCUT2D eigenvalue weighted by Crippen LogP contribution is -2.21. The Kier molecular flexibility index (Phi) is 8.15. The van der Waals surface area contributed by atoms with Gasteiger partial charge in [0, 0.05) is 23.9 Å². The number of nitrogens with one attached hydrogen (secondary N) is 2. The summed E-state index contributed by atoms with van der Waals surface area (Å²) in [6, 6.07) is 25.3. The molecule has 2 N–H and O–H groups in total. The molecule has 1 amide bonds. The van der Waals surface area contributed by atoms with Crippen molar-refractivity contribution in [2.45, 2.75) is 19.8 Å². The highest BCUT2D eigenvalue weighted by Crippen LogP contribution is 2.18. The van der Waals surface area contributed by atoms with Crippen LogP contribution >= 0.6 is 0 Å². The molecule has 0 aliphatic heterocycles. The molecule has 0 radical (unpaired) electrons. The van der Waals surface area contributed by atoms with Gasteiger partial charge in [0.15, 0.2) is 0 Å². The van der Waals surface area contributed by atoms with Gasteiger partial charge >= 0.3 is 0 Å². The van der Waals surface area contributed by atoms with Gasteiger partial charge in [-0.05, 0) is 48.4 Å². The molecule has 5 nitrogen and oxygen atoms in total. The van der Waals surface area contributed by atoms with E-state index >= 15 is 0 Å². The maximum Gasteiger partial charge on any atom is 0.243 e. The van der Waals surface area contributed by atoms with Crippen molar-refractivity contribution in [1.29, 1.82) is 0 Å². The van der Waals surface area contributed by atoms with Crippen molar-refractivity contribution in [3.63, 3.8) is 0 Å². The largest absolute Gasteiger partial charge is 0.494 e. The van der Waals surface area contributed by atoms with Crippen LogP contribution < -0.4 is 20.1 Å². The Morgan fingerprint density at radius 1 is 0.800 bits per heavy atom. The lowest BCUT2D eigenvalue weighted by molar-refractivity contribution is -0.114. The van der Waals surface area contributed by atoms with E-state index in [2.05, 4.69) is 29.7 Å². The third-order valence-corrected chi connectivity index (χ3v) is 4.40. The van der Waals surface area contributed by atoms with E-state index in [9.17, 15) is 4.79 Å². The molecule has 0 bridgehead atoms. The van der Waals surface area contributed by atoms with Gasteiger partial charge in [-0.15, -0.1) is 0 Å². The summed E-state index contributed by atoms with van der Waals surface area (Å²) < 4.78 is 11.4. The molecular weight excluding hydrogens is 376 g/mol. The van der Waals surface area contributed by atoms with Crippen LogP contribution in [0.25, 0.3) is 0 Å². The first-order chi connectivity index (χ1) is 14.7. The van der Waals surface area contributed by atoms with Crippen LogP contribution in [0.5, 0.6) is 11.5 Å². The van der Waals surface area contributed by atoms with Crippen LogP contribution in [0.2, 0.25) is 0 Å². The molecule has 0 saturated carbocycles. The highest BCUT2D eigenvalue weighted by molar-refractivity contribution is 5.93. The summed E-state index contributed by atoms with van der Waals surface area (Å²) in [4.78, 5) is 12.2. The first-order valence-electron chi connectivity index (χ1n) is 10.3. The molecule has 0 unspecified atom stereocenters. The van der Waals surface area contributed by atoms with Crippen molar-refractivity contribution >= 4 is 17.3 Å². The standard InChI is InChI=1S/C25H28N2O3/c1-2-16-29-24-10-6-9-22(18-24)26-19-25(28)27-21-11-13-23(14-12-21)30-17-15-20-7-4-3-5-8-20/h3-14,18,26H,2,15-17,19H2,1H3,(H,27,28). The van der Waals surface area contributed by atoms with Crippen LogP contribution in [0.3, 0.4) is 0 Å². The zero-order valence-electron chi connectivity index (χ0n) is 17.3. The fourth-order valence-corrected chi connectivity index (χ4v) is 2.87. The lowest BCUT2D eigenvalue weighted by Gasteiger charge is -2.11. The molecule has 0 heterocycles. The third-order valence-electron chi connectivity index (χ3n) is 4.40. The van der Waals surface area contributed by atoms with Crippen LogP contribution in [-0.4, -0.2) is 25.7 Å². The van der Waals surface area contributed by atoms with E-state index in [4.69, 9.17) is 9.47 Å². The van der Waals surface area contributed by atoms with Crippen LogP contribution in [0.1, 0.15) is 18.9 Å². The van der Waals surface area contributed by atoms with Gasteiger partial charge in [0.05, 0.1) is 19.8 Å². The maximum absolute atomic E-state index is 12.2. The molecule has 30 heavy (non-hydrogen) atoms. The number of anilines is 2. The Morgan fingerprint density at radius 3 is 2.33 bits per heavy atom. The fourth-order valence-electron chi connectivity index (χ4n) is 2.87. The number of benzene rings is 3. The monoisotopic (exact) mass is 404 g/mol. The molecule has 0 fully saturated rings.